The Labute approximate surface area is 212 Å². The van der Waals surface area contributed by atoms with Crippen molar-refractivity contribution >= 4 is 23.4 Å². The van der Waals surface area contributed by atoms with Gasteiger partial charge in [0.1, 0.15) is 23.5 Å². The lowest BCUT2D eigenvalue weighted by Gasteiger charge is -2.16. The highest BCUT2D eigenvalue weighted by Gasteiger charge is 2.28. The first-order valence-corrected chi connectivity index (χ1v) is 11.9. The van der Waals surface area contributed by atoms with E-state index in [0.29, 0.717) is 17.5 Å². The Balaban J connectivity index is 1.37. The molecule has 0 radical (unpaired) electrons. The van der Waals surface area contributed by atoms with E-state index in [0.717, 1.165) is 28.7 Å². The first-order valence-electron chi connectivity index (χ1n) is 11.9. The number of halogens is 1. The van der Waals surface area contributed by atoms with Crippen LogP contribution in [0.5, 0.6) is 0 Å². The van der Waals surface area contributed by atoms with Gasteiger partial charge in [0.15, 0.2) is 5.78 Å². The van der Waals surface area contributed by atoms with Gasteiger partial charge in [-0.05, 0) is 73.6 Å². The van der Waals surface area contributed by atoms with Gasteiger partial charge in [-0.2, -0.15) is 0 Å². The Morgan fingerprint density at radius 1 is 1.11 bits per heavy atom. The van der Waals surface area contributed by atoms with Crippen LogP contribution in [-0.2, 0) is 13.0 Å². The second kappa shape index (κ2) is 9.53. The lowest BCUT2D eigenvalue weighted by atomic mass is 9.96. The summed E-state index contributed by atoms with van der Waals surface area (Å²) in [4.78, 5) is 42.4. The number of hydrogen-bond donors (Lipinski definition) is 2. The molecule has 1 atom stereocenters. The topological polar surface area (TPSA) is 118 Å². The maximum Gasteiger partial charge on any atom is 0.270 e. The molecule has 0 saturated carbocycles. The van der Waals surface area contributed by atoms with Crippen molar-refractivity contribution in [2.45, 2.75) is 46.2 Å². The van der Waals surface area contributed by atoms with Crippen molar-refractivity contribution in [3.05, 3.63) is 93.3 Å². The quantitative estimate of drug-likeness (QED) is 0.392. The molecular weight excluding hydrogens is 475 g/mol. The number of amides is 2. The smallest absolute Gasteiger partial charge is 0.270 e. The molecule has 0 saturated heterocycles. The first-order chi connectivity index (χ1) is 17.7. The van der Waals surface area contributed by atoms with E-state index in [-0.39, 0.29) is 41.4 Å². The second-order valence-corrected chi connectivity index (χ2v) is 9.22. The predicted molar refractivity (Wildman–Crippen MR) is 133 cm³/mol. The van der Waals surface area contributed by atoms with Gasteiger partial charge in [-0.3, -0.25) is 18.8 Å². The summed E-state index contributed by atoms with van der Waals surface area (Å²) in [5.41, 5.74) is 5.10. The third kappa shape index (κ3) is 4.57. The third-order valence-corrected chi connectivity index (χ3v) is 6.80. The number of carbonyl (C=O) groups excluding carboxylic acids is 3. The van der Waals surface area contributed by atoms with E-state index in [1.807, 2.05) is 13.0 Å². The summed E-state index contributed by atoms with van der Waals surface area (Å²) in [7, 11) is 0. The van der Waals surface area contributed by atoms with E-state index in [1.165, 1.54) is 22.9 Å². The standard InChI is InChI=1S/C27H25FN6O3/c1-14-10-17(4-8-21(14)28)12-29-25(36)23-11-24(34-13-30-33-27(34)32-23)26(37)31-22-9-7-19-15(2)18(16(3)35)5-6-20(19)22/h4-6,8,10-11,13,22H,7,9,12H2,1-3H3,(H,29,36)(H,31,37)/t22-/m0/s1. The van der Waals surface area contributed by atoms with Crippen molar-refractivity contribution in [2.24, 2.45) is 0 Å². The average molecular weight is 501 g/mol. The molecule has 9 nitrogen and oxygen atoms in total. The highest BCUT2D eigenvalue weighted by molar-refractivity contribution is 5.98. The fourth-order valence-corrected chi connectivity index (χ4v) is 4.84. The number of fused-ring (bicyclic) bond motifs is 2. The number of carbonyl (C=O) groups is 3. The molecule has 1 aliphatic rings. The SMILES string of the molecule is CC(=O)c1ccc2c(c1C)CC[C@@H]2NC(=O)c1cc(C(=O)NCc2ccc(F)c(C)c2)nc2nncn12. The zero-order valence-electron chi connectivity index (χ0n) is 20.6. The largest absolute Gasteiger partial charge is 0.347 e. The van der Waals surface area contributed by atoms with Crippen molar-refractivity contribution in [3.63, 3.8) is 0 Å². The van der Waals surface area contributed by atoms with Crippen molar-refractivity contribution in [2.75, 3.05) is 0 Å². The van der Waals surface area contributed by atoms with E-state index < -0.39 is 11.8 Å². The van der Waals surface area contributed by atoms with E-state index in [1.54, 1.807) is 32.0 Å². The molecular formula is C27H25FN6O3. The number of rotatable bonds is 6. The van der Waals surface area contributed by atoms with Gasteiger partial charge in [0.05, 0.1) is 6.04 Å². The second-order valence-electron chi connectivity index (χ2n) is 9.22. The van der Waals surface area contributed by atoms with Gasteiger partial charge >= 0.3 is 0 Å². The summed E-state index contributed by atoms with van der Waals surface area (Å²) >= 11 is 0. The number of hydrogen-bond acceptors (Lipinski definition) is 6. The van der Waals surface area contributed by atoms with Crippen LogP contribution < -0.4 is 10.6 Å². The van der Waals surface area contributed by atoms with Crippen LogP contribution in [0.25, 0.3) is 5.78 Å². The molecule has 2 aromatic heterocycles. The Morgan fingerprint density at radius 2 is 1.92 bits per heavy atom. The normalized spacial score (nSPS) is 14.4. The molecule has 5 rings (SSSR count). The molecule has 10 heteroatoms. The van der Waals surface area contributed by atoms with Gasteiger partial charge in [-0.15, -0.1) is 10.2 Å². The van der Waals surface area contributed by atoms with Crippen LogP contribution in [0.2, 0.25) is 0 Å². The highest BCUT2D eigenvalue weighted by atomic mass is 19.1. The molecule has 2 amide bonds. The highest BCUT2D eigenvalue weighted by Crippen LogP contribution is 2.35. The van der Waals surface area contributed by atoms with Gasteiger partial charge in [-0.1, -0.05) is 24.3 Å². The van der Waals surface area contributed by atoms with E-state index in [9.17, 15) is 18.8 Å². The molecule has 0 bridgehead atoms. The monoisotopic (exact) mass is 500 g/mol. The Kier molecular flexibility index (Phi) is 6.24. The minimum absolute atomic E-state index is 0.0123. The number of Topliss-reactive ketones (excluding diaryl/α,β-unsaturated/α-hetero) is 1. The summed E-state index contributed by atoms with van der Waals surface area (Å²) in [6.45, 7) is 5.30. The van der Waals surface area contributed by atoms with Crippen LogP contribution in [0.15, 0.2) is 42.7 Å². The van der Waals surface area contributed by atoms with Crippen LogP contribution >= 0.6 is 0 Å². The Morgan fingerprint density at radius 3 is 2.68 bits per heavy atom. The summed E-state index contributed by atoms with van der Waals surface area (Å²) in [5.74, 6) is -1.09. The number of nitrogens with zero attached hydrogens (tertiary/aromatic N) is 4. The van der Waals surface area contributed by atoms with Gasteiger partial charge < -0.3 is 10.6 Å². The zero-order chi connectivity index (χ0) is 26.3. The van der Waals surface area contributed by atoms with Crippen molar-refractivity contribution < 1.29 is 18.8 Å². The number of aromatic nitrogens is 4. The fourth-order valence-electron chi connectivity index (χ4n) is 4.84. The van der Waals surface area contributed by atoms with E-state index in [4.69, 9.17) is 0 Å². The van der Waals surface area contributed by atoms with Gasteiger partial charge in [0.25, 0.3) is 17.6 Å². The molecule has 1 aliphatic carbocycles. The van der Waals surface area contributed by atoms with Crippen LogP contribution in [0.4, 0.5) is 4.39 Å². The number of nitrogens with one attached hydrogen (secondary N) is 2. The summed E-state index contributed by atoms with van der Waals surface area (Å²) in [6.07, 6.45) is 2.82. The maximum atomic E-state index is 13.5. The van der Waals surface area contributed by atoms with E-state index >= 15 is 0 Å². The van der Waals surface area contributed by atoms with Crippen molar-refractivity contribution in [1.82, 2.24) is 30.2 Å². The molecule has 0 unspecified atom stereocenters. The van der Waals surface area contributed by atoms with Crippen LogP contribution in [-0.4, -0.2) is 37.2 Å². The summed E-state index contributed by atoms with van der Waals surface area (Å²) in [5, 5.41) is 13.6. The number of aryl methyl sites for hydroxylation is 1. The third-order valence-electron chi connectivity index (χ3n) is 6.80. The summed E-state index contributed by atoms with van der Waals surface area (Å²) < 4.78 is 15.0. The average Bonchev–Trinajstić information content (AvgIpc) is 3.51. The predicted octanol–water partition coefficient (Wildman–Crippen LogP) is 3.43. The van der Waals surface area contributed by atoms with E-state index in [2.05, 4.69) is 25.8 Å². The Hall–Kier alpha value is -4.47. The maximum absolute atomic E-state index is 13.5. The minimum Gasteiger partial charge on any atom is -0.347 e. The molecule has 37 heavy (non-hydrogen) atoms. The molecule has 4 aromatic rings. The number of benzene rings is 2. The minimum atomic E-state index is -0.500. The molecule has 2 aromatic carbocycles. The molecule has 2 heterocycles. The van der Waals surface area contributed by atoms with Crippen molar-refractivity contribution in [1.29, 1.82) is 0 Å². The lowest BCUT2D eigenvalue weighted by Crippen LogP contribution is -2.30. The zero-order valence-corrected chi connectivity index (χ0v) is 20.6. The molecule has 0 fully saturated rings. The van der Waals surface area contributed by atoms with Gasteiger partial charge in [0.2, 0.25) is 0 Å². The number of ketones is 1. The fraction of sp³-hybridized carbons (Fsp3) is 0.259. The molecule has 0 aliphatic heterocycles. The summed E-state index contributed by atoms with van der Waals surface area (Å²) in [6, 6.07) is 9.47. The van der Waals surface area contributed by atoms with Crippen LogP contribution in [0, 0.1) is 19.7 Å². The first kappa shape index (κ1) is 24.2. The Bertz CT molecular complexity index is 1580. The molecule has 2 N–H and O–H groups in total. The van der Waals surface area contributed by atoms with Gasteiger partial charge in [-0.25, -0.2) is 9.37 Å². The lowest BCUT2D eigenvalue weighted by molar-refractivity contribution is 0.0929. The van der Waals surface area contributed by atoms with Gasteiger partial charge in [0, 0.05) is 12.1 Å². The van der Waals surface area contributed by atoms with Crippen molar-refractivity contribution in [3.8, 4) is 0 Å². The van der Waals surface area contributed by atoms with Crippen LogP contribution in [0.3, 0.4) is 0 Å². The van der Waals surface area contributed by atoms with Crippen LogP contribution in [0.1, 0.15) is 78.5 Å². The molecule has 188 valence electrons. The molecule has 0 spiro atoms.